The molecule has 2 saturated heterocycles. The van der Waals surface area contributed by atoms with Crippen LogP contribution in [0.1, 0.15) is 155 Å². The van der Waals surface area contributed by atoms with E-state index in [1.807, 2.05) is 59.0 Å². The predicted molar refractivity (Wildman–Crippen MR) is 432 cm³/mol. The van der Waals surface area contributed by atoms with E-state index < -0.39 is 162 Å². The van der Waals surface area contributed by atoms with Gasteiger partial charge in [-0.05, 0) is 171 Å². The van der Waals surface area contributed by atoms with Gasteiger partial charge in [-0.2, -0.15) is 13.5 Å². The Morgan fingerprint density at radius 2 is 1.57 bits per heavy atom. The lowest BCUT2D eigenvalue weighted by Crippen LogP contribution is -2.64. The number of likely N-dealkylation sites (tertiary alicyclic amines) is 1. The topological polar surface area (TPSA) is 500 Å². The highest BCUT2D eigenvalue weighted by Crippen LogP contribution is 2.72. The van der Waals surface area contributed by atoms with Gasteiger partial charge in [0.1, 0.15) is 48.9 Å². The molecule has 7 aliphatic rings. The third kappa shape index (κ3) is 20.9. The van der Waals surface area contributed by atoms with Gasteiger partial charge < -0.3 is 90.7 Å². The molecule has 3 aliphatic heterocycles. The number of anilines is 3. The number of ether oxygens (including phenoxy) is 4. The number of nitrogens with zero attached hydrogens (tertiary/aromatic N) is 7. The first-order valence-corrected chi connectivity index (χ1v) is 42.5. The quantitative estimate of drug-likeness (QED) is 0.0186. The van der Waals surface area contributed by atoms with Crippen LogP contribution in [0.15, 0.2) is 79.0 Å². The Labute approximate surface area is 691 Å². The third-order valence-corrected chi connectivity index (χ3v) is 25.4. The SMILES string of the molecule is CCC(=O)N[C@H]1C[C@@H](COCCS(=O)(=O)O)N(CC(=O)N[C@H](C(=O)N[C@@H](C)C(=O)Nc2ccc(COC(=O)N(CCOC34CC5(C)CC(C)(CC(Cn6ncc(-c7ccc(N8CCc9cccc(C(=O)Nc%10nc%11ccccc%11s%10)c9C8)nc7C(=O)O)c6C)(C5)C3)C4)CC[C@H](O)CO)c(CC[C@@H]3O[C@H](C(=O)O)[C@@H](O)[C@H](O)[C@H]3O)c2)C(C)C)C1=O. The summed E-state index contributed by atoms with van der Waals surface area (Å²) in [7, 11) is -4.38. The van der Waals surface area contributed by atoms with Crippen molar-refractivity contribution in [3.05, 3.63) is 118 Å². The zero-order chi connectivity index (χ0) is 85.8. The highest BCUT2D eigenvalue weighted by molar-refractivity contribution is 7.85. The molecule has 0 spiro atoms. The molecule has 3 aromatic carbocycles. The number of aliphatic carboxylic acids is 1. The fourth-order valence-corrected chi connectivity index (χ4v) is 20.2. The van der Waals surface area contributed by atoms with Crippen LogP contribution in [0.4, 0.5) is 21.4 Å². The number of carbonyl (C=O) groups excluding carboxylic acids is 7. The number of aliphatic hydroxyl groups is 5. The summed E-state index contributed by atoms with van der Waals surface area (Å²) in [6.45, 7) is 11.7. The average molecular weight is 1690 g/mol. The van der Waals surface area contributed by atoms with E-state index in [4.69, 9.17) is 33.6 Å². The summed E-state index contributed by atoms with van der Waals surface area (Å²) in [6, 6.07) is 17.0. The van der Waals surface area contributed by atoms with Gasteiger partial charge in [-0.25, -0.2) is 24.4 Å². The number of pyridine rings is 1. The second-order valence-electron chi connectivity index (χ2n) is 33.7. The number of hydrogen-bond donors (Lipinski definition) is 13. The van der Waals surface area contributed by atoms with Crippen molar-refractivity contribution in [3.63, 3.8) is 0 Å². The standard InChI is InChI=1S/C82H106N12O23S2/c1-8-63(97)86-59-31-52(37-114-28-29-119(111,112)113)93(74(59)105)34-64(98)89-65(45(2)3)73(104)84-46(4)71(102)85-51-18-16-50(49(30-51)17-20-60-67(99)68(100)69(101)70(117-60)76(108)109)36-115-78(110)91(25-23-53(96)35-95)26-27-116-82-41-79(6)38-80(7,42-82)40-81(39-79,43-82)44-94-47(5)56(32-83-94)54-19-21-62(88-66(54)75(106)107)92-24-22-48-12-11-13-55(57(48)33-92)72(103)90-77-87-58-14-9-10-15-61(58)118-77/h9-16,18-19,21,30,32,45-46,52-53,59-60,65,67-70,95-96,99-101H,8,17,20,22-29,31,33-44H2,1-7H3,(H,84,104)(H,85,102)(H,86,97)(H,89,98)(H,106,107)(H,108,109)(H,87,90,103)(H,111,112,113)/t46-,52-,53-,59-,60-,65-,67-,68+,69-,70-,79?,80?,81?,82?/m0/s1. The van der Waals surface area contributed by atoms with Crippen molar-refractivity contribution in [1.82, 2.24) is 45.5 Å². The number of aliphatic hydroxyl groups excluding tert-OH is 5. The van der Waals surface area contributed by atoms with E-state index in [-0.39, 0.29) is 91.9 Å². The van der Waals surface area contributed by atoms with E-state index in [0.717, 1.165) is 64.0 Å². The fourth-order valence-electron chi connectivity index (χ4n) is 19.1. The van der Waals surface area contributed by atoms with Gasteiger partial charge in [0.2, 0.25) is 29.5 Å². The van der Waals surface area contributed by atoms with Crippen molar-refractivity contribution in [2.45, 2.75) is 212 Å². The van der Waals surface area contributed by atoms with Gasteiger partial charge in [0.15, 0.2) is 16.9 Å². The molecule has 4 aliphatic carbocycles. The second kappa shape index (κ2) is 36.7. The molecule has 644 valence electrons. The minimum atomic E-state index is -4.38. The van der Waals surface area contributed by atoms with Crippen LogP contribution in [-0.4, -0.2) is 256 Å². The summed E-state index contributed by atoms with van der Waals surface area (Å²) in [5, 5.41) is 92.5. The van der Waals surface area contributed by atoms with E-state index in [0.29, 0.717) is 71.2 Å². The maximum atomic E-state index is 14.5. The molecule has 2 unspecified atom stereocenters. The highest BCUT2D eigenvalue weighted by Gasteiger charge is 2.66. The van der Waals surface area contributed by atoms with Crippen molar-refractivity contribution < 1.29 is 111 Å². The highest BCUT2D eigenvalue weighted by atomic mass is 32.2. The number of thiazole rings is 1. The second-order valence-corrected chi connectivity index (χ2v) is 36.3. The molecule has 13 N–H and O–H groups in total. The molecule has 3 aromatic heterocycles. The van der Waals surface area contributed by atoms with Gasteiger partial charge in [0.05, 0.1) is 79.0 Å². The van der Waals surface area contributed by atoms with Crippen LogP contribution in [0.2, 0.25) is 0 Å². The Balaban J connectivity index is 0.703. The Hall–Kier alpha value is -9.67. The van der Waals surface area contributed by atoms with Crippen LogP contribution in [0.5, 0.6) is 0 Å². The molecule has 13 rings (SSSR count). The average Bonchev–Trinajstić information content (AvgIpc) is 0.800. The number of carboxylic acid groups (broad SMARTS) is 2. The lowest BCUT2D eigenvalue weighted by atomic mass is 9.39. The number of fused-ring (bicyclic) bond motifs is 2. The Kier molecular flexibility index (Phi) is 27.3. The number of para-hydroxylation sites is 1. The number of amides is 7. The lowest BCUT2D eigenvalue weighted by Gasteiger charge is -2.69. The largest absolute Gasteiger partial charge is 0.479 e. The molecular formula is C82H106N12O23S2. The van der Waals surface area contributed by atoms with E-state index in [2.05, 4.69) is 45.4 Å². The fraction of sp³-hybridized carbons (Fsp3) is 0.561. The maximum absolute atomic E-state index is 14.5. The molecular weight excluding hydrogens is 1590 g/mol. The number of carboxylic acids is 2. The number of aryl methyl sites for hydroxylation is 1. The van der Waals surface area contributed by atoms with Crippen LogP contribution in [0, 0.1) is 29.1 Å². The third-order valence-electron chi connectivity index (χ3n) is 23.7. The molecule has 6 fully saturated rings. The summed E-state index contributed by atoms with van der Waals surface area (Å²) >= 11 is 1.39. The smallest absolute Gasteiger partial charge is 0.410 e. The predicted octanol–water partition coefficient (Wildman–Crippen LogP) is 4.75. The molecule has 37 heteroatoms. The number of benzene rings is 3. The maximum Gasteiger partial charge on any atom is 0.410 e. The summed E-state index contributed by atoms with van der Waals surface area (Å²) < 4.78 is 58.9. The molecule has 4 saturated carbocycles. The van der Waals surface area contributed by atoms with Gasteiger partial charge in [-0.15, -0.1) is 0 Å². The summed E-state index contributed by atoms with van der Waals surface area (Å²) in [5.41, 5.74) is 4.33. The van der Waals surface area contributed by atoms with Crippen LogP contribution < -0.4 is 31.5 Å². The molecule has 119 heavy (non-hydrogen) atoms. The molecule has 6 aromatic rings. The molecule has 6 heterocycles. The first kappa shape index (κ1) is 88.6. The monoisotopic (exact) mass is 1690 g/mol. The van der Waals surface area contributed by atoms with Crippen molar-refractivity contribution in [3.8, 4) is 11.1 Å². The van der Waals surface area contributed by atoms with E-state index >= 15 is 0 Å². The molecule has 35 nitrogen and oxygen atoms in total. The Bertz CT molecular complexity index is 4870. The van der Waals surface area contributed by atoms with Crippen LogP contribution in [0.25, 0.3) is 21.3 Å². The van der Waals surface area contributed by atoms with E-state index in [9.17, 15) is 87.3 Å². The van der Waals surface area contributed by atoms with Gasteiger partial charge in [-0.3, -0.25) is 43.3 Å². The van der Waals surface area contributed by atoms with E-state index in [1.54, 1.807) is 39.1 Å². The van der Waals surface area contributed by atoms with Crippen molar-refractivity contribution in [2.24, 2.45) is 22.2 Å². The number of carbonyl (C=O) groups is 9. The van der Waals surface area contributed by atoms with Crippen molar-refractivity contribution >= 4 is 102 Å². The van der Waals surface area contributed by atoms with Gasteiger partial charge >= 0.3 is 18.0 Å². The van der Waals surface area contributed by atoms with Crippen molar-refractivity contribution in [1.29, 1.82) is 0 Å². The summed E-state index contributed by atoms with van der Waals surface area (Å²) in [4.78, 5) is 135. The van der Waals surface area contributed by atoms with Crippen LogP contribution >= 0.6 is 11.3 Å². The molecule has 12 atom stereocenters. The van der Waals surface area contributed by atoms with Gasteiger partial charge in [0.25, 0.3) is 16.0 Å². The first-order valence-electron chi connectivity index (χ1n) is 40.1. The van der Waals surface area contributed by atoms with Crippen LogP contribution in [-0.2, 0) is 90.4 Å². The Morgan fingerprint density at radius 1 is 0.824 bits per heavy atom. The minimum absolute atomic E-state index is 0.000871. The van der Waals surface area contributed by atoms with Crippen molar-refractivity contribution in [2.75, 3.05) is 73.9 Å². The molecule has 7 amide bonds. The Morgan fingerprint density at radius 3 is 2.27 bits per heavy atom. The number of aromatic nitrogens is 4. The van der Waals surface area contributed by atoms with Gasteiger partial charge in [0, 0.05) is 67.2 Å². The number of hydrogen-bond acceptors (Lipinski definition) is 25. The first-order chi connectivity index (χ1) is 56.4. The molecule has 0 radical (unpaired) electrons. The summed E-state index contributed by atoms with van der Waals surface area (Å²) in [6.07, 6.45) is -4.06. The molecule has 4 bridgehead atoms. The zero-order valence-electron chi connectivity index (χ0n) is 67.5. The number of aromatic carboxylic acids is 1. The lowest BCUT2D eigenvalue weighted by molar-refractivity contribution is -0.248. The number of nitrogens with one attached hydrogen (secondary N) is 5. The normalized spacial score (nSPS) is 25.3. The minimum Gasteiger partial charge on any atom is -0.479 e. The van der Waals surface area contributed by atoms with E-state index in [1.165, 1.54) is 41.4 Å². The van der Waals surface area contributed by atoms with Gasteiger partial charge in [-0.1, -0.05) is 76.3 Å². The zero-order valence-corrected chi connectivity index (χ0v) is 69.1. The van der Waals surface area contributed by atoms with Crippen LogP contribution in [0.3, 0.4) is 0 Å². The summed E-state index contributed by atoms with van der Waals surface area (Å²) in [5.74, 6) is -7.39. The number of rotatable bonds is 36.